The average Bonchev–Trinajstić information content (AvgIpc) is 3.10. The van der Waals surface area contributed by atoms with Crippen LogP contribution < -0.4 is 0 Å². The highest BCUT2D eigenvalue weighted by Crippen LogP contribution is 2.20. The fourth-order valence-electron chi connectivity index (χ4n) is 4.41. The van der Waals surface area contributed by atoms with E-state index in [0.717, 1.165) is 42.8 Å². The van der Waals surface area contributed by atoms with Crippen LogP contribution in [0, 0.1) is 25.2 Å². The van der Waals surface area contributed by atoms with Gasteiger partial charge in [-0.15, -0.1) is 0 Å². The zero-order valence-electron chi connectivity index (χ0n) is 20.0. The van der Waals surface area contributed by atoms with Gasteiger partial charge in [-0.05, 0) is 56.4 Å². The van der Waals surface area contributed by atoms with Crippen molar-refractivity contribution in [1.82, 2.24) is 14.4 Å². The van der Waals surface area contributed by atoms with Crippen molar-refractivity contribution in [2.45, 2.75) is 53.0 Å². The fourth-order valence-corrected chi connectivity index (χ4v) is 4.41. The number of hydrogen-bond donors (Lipinski definition) is 0. The highest BCUT2D eigenvalue weighted by molar-refractivity contribution is 6.02. The number of piperazine rings is 1. The molecule has 1 saturated heterocycles. The number of aromatic nitrogens is 1. The van der Waals surface area contributed by atoms with Gasteiger partial charge in [-0.2, -0.15) is 5.26 Å². The van der Waals surface area contributed by atoms with E-state index in [9.17, 15) is 14.9 Å². The molecule has 1 aliphatic heterocycles. The largest absolute Gasteiger partial charge is 0.349 e. The topological polar surface area (TPSA) is 69.3 Å². The smallest absolute Gasteiger partial charge is 0.264 e. The highest BCUT2D eigenvalue weighted by Gasteiger charge is 2.26. The first-order chi connectivity index (χ1) is 15.9. The maximum absolute atomic E-state index is 13.0. The summed E-state index contributed by atoms with van der Waals surface area (Å²) in [6.45, 7) is 9.06. The summed E-state index contributed by atoms with van der Waals surface area (Å²) in [5.74, 6) is -0.119. The summed E-state index contributed by atoms with van der Waals surface area (Å²) in [7, 11) is 0. The number of aryl methyl sites for hydroxylation is 2. The van der Waals surface area contributed by atoms with Crippen molar-refractivity contribution in [2.75, 3.05) is 26.2 Å². The molecular weight excluding hydrogens is 412 g/mol. The summed E-state index contributed by atoms with van der Waals surface area (Å²) in [5, 5.41) is 9.65. The lowest BCUT2D eigenvalue weighted by atomic mass is 10.1. The van der Waals surface area contributed by atoms with E-state index in [-0.39, 0.29) is 17.4 Å². The van der Waals surface area contributed by atoms with Gasteiger partial charge in [0.25, 0.3) is 5.91 Å². The highest BCUT2D eigenvalue weighted by atomic mass is 16.2. The second-order valence-corrected chi connectivity index (χ2v) is 8.66. The molecule has 2 heterocycles. The van der Waals surface area contributed by atoms with Crippen molar-refractivity contribution in [3.63, 3.8) is 0 Å². The van der Waals surface area contributed by atoms with Gasteiger partial charge in [-0.25, -0.2) is 0 Å². The van der Waals surface area contributed by atoms with E-state index in [1.165, 1.54) is 5.56 Å². The molecule has 1 aromatic heterocycles. The maximum Gasteiger partial charge on any atom is 0.264 e. The summed E-state index contributed by atoms with van der Waals surface area (Å²) in [6, 6.07) is 14.3. The minimum atomic E-state index is -0.256. The van der Waals surface area contributed by atoms with Gasteiger partial charge < -0.3 is 14.4 Å². The lowest BCUT2D eigenvalue weighted by Crippen LogP contribution is -2.50. The first-order valence-electron chi connectivity index (χ1n) is 11.8. The number of hydrogen-bond acceptors (Lipinski definition) is 3. The third kappa shape index (κ3) is 6.13. The zero-order chi connectivity index (χ0) is 23.8. The summed E-state index contributed by atoms with van der Waals surface area (Å²) in [5.41, 5.74) is 4.50. The maximum atomic E-state index is 13.0. The Morgan fingerprint density at radius 1 is 1.06 bits per heavy atom. The van der Waals surface area contributed by atoms with E-state index in [4.69, 9.17) is 0 Å². The van der Waals surface area contributed by atoms with Gasteiger partial charge in [0, 0.05) is 50.5 Å². The molecule has 6 heteroatoms. The molecule has 1 fully saturated rings. The molecule has 0 spiro atoms. The third-order valence-electron chi connectivity index (χ3n) is 6.33. The summed E-state index contributed by atoms with van der Waals surface area (Å²) >= 11 is 0. The second kappa shape index (κ2) is 11.5. The van der Waals surface area contributed by atoms with Crippen LogP contribution in [0.15, 0.2) is 42.0 Å². The van der Waals surface area contributed by atoms with Gasteiger partial charge in [0.2, 0.25) is 5.91 Å². The van der Waals surface area contributed by atoms with Gasteiger partial charge in [-0.3, -0.25) is 9.59 Å². The molecule has 0 bridgehead atoms. The minimum absolute atomic E-state index is 0.137. The van der Waals surface area contributed by atoms with Gasteiger partial charge in [0.1, 0.15) is 11.6 Å². The molecule has 0 atom stereocenters. The molecule has 2 amide bonds. The van der Waals surface area contributed by atoms with Crippen molar-refractivity contribution in [3.8, 4) is 6.07 Å². The van der Waals surface area contributed by atoms with Crippen LogP contribution in [-0.4, -0.2) is 52.4 Å². The molecule has 1 aliphatic rings. The molecule has 0 aliphatic carbocycles. The van der Waals surface area contributed by atoms with Crippen LogP contribution in [0.5, 0.6) is 0 Å². The first kappa shape index (κ1) is 24.3. The monoisotopic (exact) mass is 446 g/mol. The average molecular weight is 447 g/mol. The number of carbonyl (C=O) groups excluding carboxylic acids is 2. The Morgan fingerprint density at radius 3 is 2.36 bits per heavy atom. The molecule has 174 valence electrons. The number of rotatable bonds is 8. The molecule has 33 heavy (non-hydrogen) atoms. The quantitative estimate of drug-likeness (QED) is 0.453. The number of benzene rings is 1. The number of carbonyl (C=O) groups is 2. The predicted octanol–water partition coefficient (Wildman–Crippen LogP) is 4.12. The molecule has 0 radical (unpaired) electrons. The lowest BCUT2D eigenvalue weighted by Gasteiger charge is -2.34. The molecule has 1 aromatic carbocycles. The van der Waals surface area contributed by atoms with Gasteiger partial charge in [0.05, 0.1) is 0 Å². The van der Waals surface area contributed by atoms with Crippen molar-refractivity contribution < 1.29 is 9.59 Å². The Balaban J connectivity index is 1.54. The van der Waals surface area contributed by atoms with Gasteiger partial charge in [0.15, 0.2) is 0 Å². The van der Waals surface area contributed by atoms with Crippen LogP contribution in [0.2, 0.25) is 0 Å². The van der Waals surface area contributed by atoms with E-state index >= 15 is 0 Å². The zero-order valence-corrected chi connectivity index (χ0v) is 20.0. The van der Waals surface area contributed by atoms with Crippen molar-refractivity contribution >= 4 is 17.9 Å². The lowest BCUT2D eigenvalue weighted by molar-refractivity contribution is -0.137. The second-order valence-electron chi connectivity index (χ2n) is 8.66. The minimum Gasteiger partial charge on any atom is -0.349 e. The van der Waals surface area contributed by atoms with Crippen LogP contribution in [-0.2, 0) is 22.6 Å². The predicted molar refractivity (Wildman–Crippen MR) is 130 cm³/mol. The summed E-state index contributed by atoms with van der Waals surface area (Å²) < 4.78 is 2.22. The Bertz CT molecular complexity index is 1040. The Kier molecular flexibility index (Phi) is 8.48. The normalized spacial score (nSPS) is 14.3. The summed E-state index contributed by atoms with van der Waals surface area (Å²) in [4.78, 5) is 29.1. The van der Waals surface area contributed by atoms with Crippen molar-refractivity contribution in [2.24, 2.45) is 0 Å². The van der Waals surface area contributed by atoms with Crippen LogP contribution in [0.3, 0.4) is 0 Å². The first-order valence-corrected chi connectivity index (χ1v) is 11.8. The van der Waals surface area contributed by atoms with E-state index in [1.54, 1.807) is 11.0 Å². The SMILES string of the molecule is CCCn1c(C)cc(/C=C(/C#N)C(=O)N2CCN(C(=O)CCCc3ccccc3)CC2)c1C. The van der Waals surface area contributed by atoms with Crippen LogP contribution in [0.4, 0.5) is 0 Å². The van der Waals surface area contributed by atoms with Crippen molar-refractivity contribution in [1.29, 1.82) is 5.26 Å². The van der Waals surface area contributed by atoms with Crippen LogP contribution in [0.1, 0.15) is 48.7 Å². The van der Waals surface area contributed by atoms with Crippen LogP contribution >= 0.6 is 0 Å². The molecule has 0 unspecified atom stereocenters. The van der Waals surface area contributed by atoms with Gasteiger partial charge >= 0.3 is 0 Å². The number of nitrogens with zero attached hydrogens (tertiary/aromatic N) is 4. The van der Waals surface area contributed by atoms with E-state index in [2.05, 4.69) is 29.7 Å². The fraction of sp³-hybridized carbons (Fsp3) is 0.444. The molecule has 6 nitrogen and oxygen atoms in total. The number of nitriles is 1. The summed E-state index contributed by atoms with van der Waals surface area (Å²) in [6.07, 6.45) is 4.95. The molecule has 3 rings (SSSR count). The van der Waals surface area contributed by atoms with Crippen molar-refractivity contribution in [3.05, 3.63) is 64.5 Å². The molecule has 0 saturated carbocycles. The van der Waals surface area contributed by atoms with Crippen LogP contribution in [0.25, 0.3) is 6.08 Å². The van der Waals surface area contributed by atoms with E-state index in [0.29, 0.717) is 32.6 Å². The number of amides is 2. The Labute approximate surface area is 197 Å². The Morgan fingerprint density at radius 2 is 1.73 bits per heavy atom. The third-order valence-corrected chi connectivity index (χ3v) is 6.33. The van der Waals surface area contributed by atoms with E-state index in [1.807, 2.05) is 43.0 Å². The van der Waals surface area contributed by atoms with Gasteiger partial charge in [-0.1, -0.05) is 37.3 Å². The molecule has 2 aromatic rings. The van der Waals surface area contributed by atoms with E-state index < -0.39 is 0 Å². The standard InChI is InChI=1S/C27H34N4O2/c1-4-13-31-21(2)18-24(22(31)3)19-25(20-28)27(33)30-16-14-29(15-17-30)26(32)12-8-11-23-9-6-5-7-10-23/h5-7,9-10,18-19H,4,8,11-17H2,1-3H3/b25-19-. The Hall–Kier alpha value is -3.33. The molecular formula is C27H34N4O2. The molecule has 0 N–H and O–H groups in total.